The average Bonchev–Trinajstić information content (AvgIpc) is 2.78. The van der Waals surface area contributed by atoms with Crippen LogP contribution >= 0.6 is 0 Å². The Morgan fingerprint density at radius 1 is 1.13 bits per heavy atom. The van der Waals surface area contributed by atoms with Crippen molar-refractivity contribution in [2.24, 2.45) is 5.92 Å². The number of hydrogen-bond donors (Lipinski definition) is 2. The molecule has 1 heterocycles. The molecule has 0 bridgehead atoms. The van der Waals surface area contributed by atoms with Gasteiger partial charge in [0.15, 0.2) is 11.6 Å². The fraction of sp³-hybridized carbons (Fsp3) is 0.458. The molecule has 1 aliphatic heterocycles. The Hall–Kier alpha value is -2.51. The lowest BCUT2D eigenvalue weighted by atomic mass is 9.93. The summed E-state index contributed by atoms with van der Waals surface area (Å²) in [6.07, 6.45) is 3.47. The highest BCUT2D eigenvalue weighted by molar-refractivity contribution is 5.75. The van der Waals surface area contributed by atoms with Gasteiger partial charge in [-0.05, 0) is 67.1 Å². The van der Waals surface area contributed by atoms with E-state index in [0.29, 0.717) is 24.5 Å². The zero-order valence-corrected chi connectivity index (χ0v) is 17.7. The monoisotopic (exact) mass is 432 g/mol. The van der Waals surface area contributed by atoms with E-state index in [4.69, 9.17) is 9.84 Å². The van der Waals surface area contributed by atoms with Crippen LogP contribution in [0.25, 0.3) is 0 Å². The summed E-state index contributed by atoms with van der Waals surface area (Å²) < 4.78 is 31.6. The van der Waals surface area contributed by atoms with Gasteiger partial charge in [0.05, 0.1) is 6.61 Å². The Labute approximate surface area is 182 Å². The standard InChI is InChI=1S/C24H30F2N2O3/c25-22-9-5-20(14-23(22)26)15-27-24(30)10-6-18-2-1-11-28(16-18)17-19-3-7-21(8-4-19)31-13-12-29/h3-5,7-9,14,18,29H,1-2,6,10-13,15-17H2,(H,27,30). The lowest BCUT2D eigenvalue weighted by Gasteiger charge is -2.32. The molecule has 168 valence electrons. The second-order valence-electron chi connectivity index (χ2n) is 8.02. The Kier molecular flexibility index (Phi) is 8.79. The van der Waals surface area contributed by atoms with Gasteiger partial charge in [-0.1, -0.05) is 18.2 Å². The van der Waals surface area contributed by atoms with Gasteiger partial charge in [-0.15, -0.1) is 0 Å². The van der Waals surface area contributed by atoms with Crippen LogP contribution in [-0.4, -0.2) is 42.2 Å². The van der Waals surface area contributed by atoms with Crippen LogP contribution in [0.15, 0.2) is 42.5 Å². The van der Waals surface area contributed by atoms with E-state index in [2.05, 4.69) is 10.2 Å². The number of amides is 1. The van der Waals surface area contributed by atoms with E-state index in [9.17, 15) is 13.6 Å². The topological polar surface area (TPSA) is 61.8 Å². The number of benzene rings is 2. The maximum atomic E-state index is 13.2. The Balaban J connectivity index is 1.39. The lowest BCUT2D eigenvalue weighted by Crippen LogP contribution is -2.35. The minimum atomic E-state index is -0.902. The van der Waals surface area contributed by atoms with Crippen LogP contribution in [0.3, 0.4) is 0 Å². The van der Waals surface area contributed by atoms with Crippen LogP contribution in [0, 0.1) is 17.6 Å². The number of hydrogen-bond acceptors (Lipinski definition) is 4. The van der Waals surface area contributed by atoms with Crippen molar-refractivity contribution in [2.45, 2.75) is 38.8 Å². The number of carbonyl (C=O) groups excluding carboxylic acids is 1. The molecule has 1 fully saturated rings. The summed E-state index contributed by atoms with van der Waals surface area (Å²) in [6, 6.07) is 11.6. The van der Waals surface area contributed by atoms with Crippen LogP contribution in [-0.2, 0) is 17.9 Å². The molecule has 2 aromatic rings. The molecule has 0 aromatic heterocycles. The molecular weight excluding hydrogens is 402 g/mol. The fourth-order valence-electron chi connectivity index (χ4n) is 3.92. The quantitative estimate of drug-likeness (QED) is 0.602. The summed E-state index contributed by atoms with van der Waals surface area (Å²) in [5.41, 5.74) is 1.75. The minimum absolute atomic E-state index is 0.000268. The van der Waals surface area contributed by atoms with Crippen molar-refractivity contribution in [3.8, 4) is 5.75 Å². The largest absolute Gasteiger partial charge is 0.491 e. The van der Waals surface area contributed by atoms with Crippen LogP contribution in [0.5, 0.6) is 5.75 Å². The van der Waals surface area contributed by atoms with E-state index in [0.717, 1.165) is 56.8 Å². The number of aliphatic hydroxyl groups is 1. The molecule has 1 unspecified atom stereocenters. The number of ether oxygens (including phenoxy) is 1. The highest BCUT2D eigenvalue weighted by Crippen LogP contribution is 2.23. The summed E-state index contributed by atoms with van der Waals surface area (Å²) in [5, 5.41) is 11.6. The molecule has 31 heavy (non-hydrogen) atoms. The van der Waals surface area contributed by atoms with E-state index < -0.39 is 11.6 Å². The number of nitrogens with one attached hydrogen (secondary N) is 1. The van der Waals surface area contributed by atoms with Gasteiger partial charge in [0.25, 0.3) is 0 Å². The maximum absolute atomic E-state index is 13.2. The van der Waals surface area contributed by atoms with E-state index in [1.807, 2.05) is 24.3 Å². The maximum Gasteiger partial charge on any atom is 0.220 e. The third-order valence-corrected chi connectivity index (χ3v) is 5.55. The predicted molar refractivity (Wildman–Crippen MR) is 114 cm³/mol. The Morgan fingerprint density at radius 3 is 2.65 bits per heavy atom. The fourth-order valence-corrected chi connectivity index (χ4v) is 3.92. The van der Waals surface area contributed by atoms with Crippen LogP contribution in [0.4, 0.5) is 8.78 Å². The Morgan fingerprint density at radius 2 is 1.90 bits per heavy atom. The third kappa shape index (κ3) is 7.60. The number of halogens is 2. The molecule has 0 spiro atoms. The van der Waals surface area contributed by atoms with Gasteiger partial charge >= 0.3 is 0 Å². The number of aliphatic hydroxyl groups excluding tert-OH is 1. The first-order chi connectivity index (χ1) is 15.0. The highest BCUT2D eigenvalue weighted by atomic mass is 19.2. The SMILES string of the molecule is O=C(CCC1CCCN(Cc2ccc(OCCO)cc2)C1)NCc1ccc(F)c(F)c1. The number of nitrogens with zero attached hydrogens (tertiary/aromatic N) is 1. The predicted octanol–water partition coefficient (Wildman–Crippen LogP) is 3.64. The molecule has 3 rings (SSSR count). The second-order valence-corrected chi connectivity index (χ2v) is 8.02. The van der Waals surface area contributed by atoms with Crippen molar-refractivity contribution in [3.63, 3.8) is 0 Å². The Bertz CT molecular complexity index is 845. The first-order valence-electron chi connectivity index (χ1n) is 10.8. The first-order valence-corrected chi connectivity index (χ1v) is 10.8. The van der Waals surface area contributed by atoms with Gasteiger partial charge in [-0.25, -0.2) is 8.78 Å². The molecule has 1 aliphatic rings. The van der Waals surface area contributed by atoms with Crippen LogP contribution < -0.4 is 10.1 Å². The van der Waals surface area contributed by atoms with Crippen molar-refractivity contribution in [3.05, 3.63) is 65.2 Å². The second kappa shape index (κ2) is 11.8. The minimum Gasteiger partial charge on any atom is -0.491 e. The molecule has 2 aromatic carbocycles. The molecule has 2 N–H and O–H groups in total. The van der Waals surface area contributed by atoms with E-state index in [1.54, 1.807) is 0 Å². The molecular formula is C24H30F2N2O3. The molecule has 1 amide bonds. The summed E-state index contributed by atoms with van der Waals surface area (Å²) in [5.74, 6) is -0.636. The lowest BCUT2D eigenvalue weighted by molar-refractivity contribution is -0.121. The number of carbonyl (C=O) groups is 1. The summed E-state index contributed by atoms with van der Waals surface area (Å²) >= 11 is 0. The van der Waals surface area contributed by atoms with Crippen LogP contribution in [0.2, 0.25) is 0 Å². The van der Waals surface area contributed by atoms with Gasteiger partial charge in [0.2, 0.25) is 5.91 Å². The van der Waals surface area contributed by atoms with Gasteiger partial charge in [-0.2, -0.15) is 0 Å². The van der Waals surface area contributed by atoms with Crippen LogP contribution in [0.1, 0.15) is 36.8 Å². The zero-order valence-electron chi connectivity index (χ0n) is 17.7. The van der Waals surface area contributed by atoms with Crippen molar-refractivity contribution in [2.75, 3.05) is 26.3 Å². The normalized spacial score (nSPS) is 16.8. The van der Waals surface area contributed by atoms with Crippen molar-refractivity contribution in [1.29, 1.82) is 0 Å². The van der Waals surface area contributed by atoms with E-state index in [-0.39, 0.29) is 19.1 Å². The highest BCUT2D eigenvalue weighted by Gasteiger charge is 2.20. The third-order valence-electron chi connectivity index (χ3n) is 5.55. The molecule has 0 radical (unpaired) electrons. The van der Waals surface area contributed by atoms with Crippen molar-refractivity contribution >= 4 is 5.91 Å². The smallest absolute Gasteiger partial charge is 0.220 e. The summed E-state index contributed by atoms with van der Waals surface area (Å²) in [7, 11) is 0. The number of piperidine rings is 1. The summed E-state index contributed by atoms with van der Waals surface area (Å²) in [6.45, 7) is 3.35. The zero-order chi connectivity index (χ0) is 22.1. The first kappa shape index (κ1) is 23.2. The van der Waals surface area contributed by atoms with E-state index >= 15 is 0 Å². The average molecular weight is 433 g/mol. The van der Waals surface area contributed by atoms with Gasteiger partial charge < -0.3 is 15.2 Å². The van der Waals surface area contributed by atoms with Gasteiger partial charge in [0, 0.05) is 26.1 Å². The van der Waals surface area contributed by atoms with Gasteiger partial charge in [0.1, 0.15) is 12.4 Å². The van der Waals surface area contributed by atoms with Crippen molar-refractivity contribution in [1.82, 2.24) is 10.2 Å². The number of likely N-dealkylation sites (tertiary alicyclic amines) is 1. The molecule has 5 nitrogen and oxygen atoms in total. The summed E-state index contributed by atoms with van der Waals surface area (Å²) in [4.78, 5) is 14.6. The molecule has 0 saturated carbocycles. The molecule has 1 atom stereocenters. The van der Waals surface area contributed by atoms with Crippen molar-refractivity contribution < 1.29 is 23.4 Å². The van der Waals surface area contributed by atoms with E-state index in [1.165, 1.54) is 11.6 Å². The molecule has 7 heteroatoms. The molecule has 0 aliphatic carbocycles. The van der Waals surface area contributed by atoms with Gasteiger partial charge in [-0.3, -0.25) is 9.69 Å². The molecule has 1 saturated heterocycles. The number of rotatable bonds is 10.